The molecule has 0 spiro atoms. The standard InChI is InChI=1S/C12H16N2O/c1-9-4-3-5-10-6-7-14(12(9)10)11(15)8-13-2/h3-5,13H,6-8H2,1-2H3. The van der Waals surface area contributed by atoms with Crippen LogP contribution in [0, 0.1) is 6.92 Å². The number of aryl methyl sites for hydroxylation is 1. The van der Waals surface area contributed by atoms with Crippen molar-refractivity contribution in [3.8, 4) is 0 Å². The molecule has 1 aromatic carbocycles. The SMILES string of the molecule is CNCC(=O)N1CCc2cccc(C)c21. The highest BCUT2D eigenvalue weighted by molar-refractivity contribution is 5.97. The summed E-state index contributed by atoms with van der Waals surface area (Å²) in [7, 11) is 1.80. The molecule has 1 N–H and O–H groups in total. The highest BCUT2D eigenvalue weighted by atomic mass is 16.2. The largest absolute Gasteiger partial charge is 0.311 e. The van der Waals surface area contributed by atoms with Crippen molar-refractivity contribution in [2.45, 2.75) is 13.3 Å². The van der Waals surface area contributed by atoms with E-state index in [4.69, 9.17) is 0 Å². The maximum absolute atomic E-state index is 11.8. The molecule has 15 heavy (non-hydrogen) atoms. The highest BCUT2D eigenvalue weighted by Gasteiger charge is 2.24. The lowest BCUT2D eigenvalue weighted by Crippen LogP contribution is -2.36. The van der Waals surface area contributed by atoms with Gasteiger partial charge in [-0.3, -0.25) is 4.79 Å². The van der Waals surface area contributed by atoms with Gasteiger partial charge in [0, 0.05) is 12.2 Å². The maximum Gasteiger partial charge on any atom is 0.240 e. The van der Waals surface area contributed by atoms with E-state index in [1.54, 1.807) is 7.05 Å². The van der Waals surface area contributed by atoms with Crippen LogP contribution in [0.5, 0.6) is 0 Å². The number of hydrogen-bond acceptors (Lipinski definition) is 2. The number of nitrogens with zero attached hydrogens (tertiary/aromatic N) is 1. The van der Waals surface area contributed by atoms with Gasteiger partial charge < -0.3 is 10.2 Å². The van der Waals surface area contributed by atoms with E-state index in [2.05, 4.69) is 30.4 Å². The Labute approximate surface area is 90.1 Å². The van der Waals surface area contributed by atoms with Crippen LogP contribution in [0.3, 0.4) is 0 Å². The van der Waals surface area contributed by atoms with E-state index in [9.17, 15) is 4.79 Å². The van der Waals surface area contributed by atoms with Gasteiger partial charge >= 0.3 is 0 Å². The molecule has 3 nitrogen and oxygen atoms in total. The smallest absolute Gasteiger partial charge is 0.240 e. The lowest BCUT2D eigenvalue weighted by molar-refractivity contribution is -0.117. The van der Waals surface area contributed by atoms with Crippen LogP contribution in [-0.4, -0.2) is 26.0 Å². The van der Waals surface area contributed by atoms with Gasteiger partial charge in [0.25, 0.3) is 0 Å². The highest BCUT2D eigenvalue weighted by Crippen LogP contribution is 2.31. The fraction of sp³-hybridized carbons (Fsp3) is 0.417. The number of benzene rings is 1. The number of rotatable bonds is 2. The molecule has 80 valence electrons. The molecule has 0 aliphatic carbocycles. The quantitative estimate of drug-likeness (QED) is 0.782. The normalized spacial score (nSPS) is 14.1. The summed E-state index contributed by atoms with van der Waals surface area (Å²) in [6, 6.07) is 6.22. The fourth-order valence-corrected chi connectivity index (χ4v) is 2.15. The van der Waals surface area contributed by atoms with Crippen LogP contribution in [0.2, 0.25) is 0 Å². The molecule has 2 rings (SSSR count). The molecule has 0 unspecified atom stereocenters. The van der Waals surface area contributed by atoms with E-state index in [-0.39, 0.29) is 5.91 Å². The van der Waals surface area contributed by atoms with E-state index in [1.165, 1.54) is 11.1 Å². The van der Waals surface area contributed by atoms with Crippen LogP contribution in [-0.2, 0) is 11.2 Å². The zero-order valence-corrected chi connectivity index (χ0v) is 9.21. The molecular formula is C12H16N2O. The van der Waals surface area contributed by atoms with E-state index >= 15 is 0 Å². The minimum Gasteiger partial charge on any atom is -0.311 e. The van der Waals surface area contributed by atoms with Gasteiger partial charge in [-0.2, -0.15) is 0 Å². The van der Waals surface area contributed by atoms with Gasteiger partial charge in [0.2, 0.25) is 5.91 Å². The summed E-state index contributed by atoms with van der Waals surface area (Å²) in [4.78, 5) is 13.7. The van der Waals surface area contributed by atoms with Gasteiger partial charge in [-0.15, -0.1) is 0 Å². The average molecular weight is 204 g/mol. The summed E-state index contributed by atoms with van der Waals surface area (Å²) in [6.07, 6.45) is 0.979. The van der Waals surface area contributed by atoms with Crippen molar-refractivity contribution in [2.75, 3.05) is 25.0 Å². The molecule has 1 aliphatic heterocycles. The topological polar surface area (TPSA) is 32.3 Å². The van der Waals surface area contributed by atoms with Crippen molar-refractivity contribution in [1.82, 2.24) is 5.32 Å². The van der Waals surface area contributed by atoms with Gasteiger partial charge in [-0.25, -0.2) is 0 Å². The number of fused-ring (bicyclic) bond motifs is 1. The van der Waals surface area contributed by atoms with Crippen molar-refractivity contribution in [3.05, 3.63) is 29.3 Å². The second-order valence-corrected chi connectivity index (χ2v) is 3.91. The molecule has 1 aromatic rings. The Balaban J connectivity index is 2.31. The Kier molecular flexibility index (Phi) is 2.73. The molecule has 0 saturated heterocycles. The maximum atomic E-state index is 11.8. The number of carbonyl (C=O) groups excluding carboxylic acids is 1. The second-order valence-electron chi connectivity index (χ2n) is 3.91. The van der Waals surface area contributed by atoms with Crippen molar-refractivity contribution >= 4 is 11.6 Å². The lowest BCUT2D eigenvalue weighted by atomic mass is 10.1. The average Bonchev–Trinajstić information content (AvgIpc) is 2.63. The first-order chi connectivity index (χ1) is 7.24. The van der Waals surface area contributed by atoms with Crippen molar-refractivity contribution in [3.63, 3.8) is 0 Å². The zero-order valence-electron chi connectivity index (χ0n) is 9.21. The molecule has 0 fully saturated rings. The zero-order chi connectivity index (χ0) is 10.8. The van der Waals surface area contributed by atoms with Crippen LogP contribution < -0.4 is 10.2 Å². The number of nitrogens with one attached hydrogen (secondary N) is 1. The second kappa shape index (κ2) is 4.03. The Morgan fingerprint density at radius 3 is 3.07 bits per heavy atom. The van der Waals surface area contributed by atoms with Gasteiger partial charge in [0.1, 0.15) is 0 Å². The molecule has 1 heterocycles. The van der Waals surface area contributed by atoms with Crippen LogP contribution in [0.1, 0.15) is 11.1 Å². The Morgan fingerprint density at radius 2 is 2.33 bits per heavy atom. The Bertz CT molecular complexity index is 387. The monoisotopic (exact) mass is 204 g/mol. The summed E-state index contributed by atoms with van der Waals surface area (Å²) >= 11 is 0. The van der Waals surface area contributed by atoms with Crippen LogP contribution in [0.15, 0.2) is 18.2 Å². The molecule has 1 amide bonds. The number of para-hydroxylation sites is 1. The molecule has 0 bridgehead atoms. The Morgan fingerprint density at radius 1 is 1.53 bits per heavy atom. The molecular weight excluding hydrogens is 188 g/mol. The number of amides is 1. The first-order valence-corrected chi connectivity index (χ1v) is 5.27. The minimum atomic E-state index is 0.158. The summed E-state index contributed by atoms with van der Waals surface area (Å²) < 4.78 is 0. The third-order valence-corrected chi connectivity index (χ3v) is 2.83. The van der Waals surface area contributed by atoms with Crippen LogP contribution in [0.4, 0.5) is 5.69 Å². The molecule has 0 atom stereocenters. The van der Waals surface area contributed by atoms with Crippen LogP contribution in [0.25, 0.3) is 0 Å². The van der Waals surface area contributed by atoms with E-state index in [0.29, 0.717) is 6.54 Å². The summed E-state index contributed by atoms with van der Waals surface area (Å²) in [5, 5.41) is 2.90. The summed E-state index contributed by atoms with van der Waals surface area (Å²) in [6.45, 7) is 3.29. The van der Waals surface area contributed by atoms with Gasteiger partial charge in [0.05, 0.1) is 6.54 Å². The summed E-state index contributed by atoms with van der Waals surface area (Å²) in [5.41, 5.74) is 3.60. The predicted molar refractivity (Wildman–Crippen MR) is 61.2 cm³/mol. The first-order valence-electron chi connectivity index (χ1n) is 5.27. The molecule has 0 radical (unpaired) electrons. The molecule has 0 aromatic heterocycles. The van der Waals surface area contributed by atoms with Crippen molar-refractivity contribution in [2.24, 2.45) is 0 Å². The van der Waals surface area contributed by atoms with Crippen molar-refractivity contribution < 1.29 is 4.79 Å². The molecule has 0 saturated carbocycles. The third-order valence-electron chi connectivity index (χ3n) is 2.83. The van der Waals surface area contributed by atoms with Gasteiger partial charge in [-0.05, 0) is 31.5 Å². The Hall–Kier alpha value is -1.35. The van der Waals surface area contributed by atoms with Crippen LogP contribution >= 0.6 is 0 Å². The number of likely N-dealkylation sites (N-methyl/N-ethyl adjacent to an activating group) is 1. The first kappa shape index (κ1) is 10.2. The minimum absolute atomic E-state index is 0.158. The van der Waals surface area contributed by atoms with Crippen molar-refractivity contribution in [1.29, 1.82) is 0 Å². The van der Waals surface area contributed by atoms with E-state index in [1.807, 2.05) is 4.90 Å². The number of hydrogen-bond donors (Lipinski definition) is 1. The van der Waals surface area contributed by atoms with Gasteiger partial charge in [0.15, 0.2) is 0 Å². The number of anilines is 1. The lowest BCUT2D eigenvalue weighted by Gasteiger charge is -2.18. The molecule has 3 heteroatoms. The fourth-order valence-electron chi connectivity index (χ4n) is 2.15. The predicted octanol–water partition coefficient (Wildman–Crippen LogP) is 1.10. The van der Waals surface area contributed by atoms with E-state index < -0.39 is 0 Å². The van der Waals surface area contributed by atoms with Gasteiger partial charge in [-0.1, -0.05) is 18.2 Å². The summed E-state index contributed by atoms with van der Waals surface area (Å²) in [5.74, 6) is 0.158. The third kappa shape index (κ3) is 1.75. The van der Waals surface area contributed by atoms with E-state index in [0.717, 1.165) is 18.7 Å². The molecule has 1 aliphatic rings. The number of carbonyl (C=O) groups is 1.